The molecule has 0 aliphatic carbocycles. The summed E-state index contributed by atoms with van der Waals surface area (Å²) in [7, 11) is 0. The van der Waals surface area contributed by atoms with Gasteiger partial charge in [0.05, 0.1) is 5.75 Å². The number of thioether (sulfide) groups is 1. The van der Waals surface area contributed by atoms with Crippen molar-refractivity contribution in [3.8, 4) is 0 Å². The highest BCUT2D eigenvalue weighted by atomic mass is 32.2. The molecule has 1 aromatic carbocycles. The van der Waals surface area contributed by atoms with Crippen LogP contribution in [0.3, 0.4) is 0 Å². The number of aryl methyl sites for hydroxylation is 2. The van der Waals surface area contributed by atoms with Crippen molar-refractivity contribution in [1.29, 1.82) is 0 Å². The molecule has 0 atom stereocenters. The van der Waals surface area contributed by atoms with Gasteiger partial charge < -0.3 is 5.32 Å². The van der Waals surface area contributed by atoms with E-state index in [0.717, 1.165) is 11.1 Å². The van der Waals surface area contributed by atoms with Crippen LogP contribution in [0.25, 0.3) is 0 Å². The van der Waals surface area contributed by atoms with Crippen molar-refractivity contribution in [2.45, 2.75) is 32.5 Å². The van der Waals surface area contributed by atoms with Crippen LogP contribution in [-0.2, 0) is 11.3 Å². The molecule has 0 aliphatic rings. The number of hydrogen-bond donors (Lipinski definition) is 2. The Kier molecular flexibility index (Phi) is 5.69. The molecule has 0 bridgehead atoms. The first-order chi connectivity index (χ1) is 11.0. The molecule has 0 spiro atoms. The Labute approximate surface area is 138 Å². The van der Waals surface area contributed by atoms with E-state index in [0.29, 0.717) is 17.4 Å². The largest absolute Gasteiger partial charge is 0.325 e. The number of nitrogens with one attached hydrogen (secondary N) is 2. The number of imide groups is 1. The van der Waals surface area contributed by atoms with Gasteiger partial charge in [-0.05, 0) is 48.4 Å². The molecule has 122 valence electrons. The summed E-state index contributed by atoms with van der Waals surface area (Å²) >= 11 is 1.18. The predicted octanol–water partition coefficient (Wildman–Crippen LogP) is 1.75. The van der Waals surface area contributed by atoms with Gasteiger partial charge in [-0.2, -0.15) is 0 Å². The van der Waals surface area contributed by atoms with Crippen LogP contribution in [-0.4, -0.2) is 37.9 Å². The molecule has 1 heterocycles. The highest BCUT2D eigenvalue weighted by molar-refractivity contribution is 7.99. The van der Waals surface area contributed by atoms with Crippen molar-refractivity contribution in [3.05, 3.63) is 29.3 Å². The fourth-order valence-corrected chi connectivity index (χ4v) is 2.57. The Morgan fingerprint density at radius 3 is 2.83 bits per heavy atom. The summed E-state index contributed by atoms with van der Waals surface area (Å²) in [5.41, 5.74) is 2.71. The third-order valence-corrected chi connectivity index (χ3v) is 4.19. The smallest absolute Gasteiger partial charge is 0.307 e. The lowest BCUT2D eigenvalue weighted by Gasteiger charge is -2.10. The molecule has 0 fully saturated rings. The van der Waals surface area contributed by atoms with E-state index in [1.165, 1.54) is 11.8 Å². The number of hydrogen-bond acceptors (Lipinski definition) is 6. The maximum Gasteiger partial charge on any atom is 0.325 e. The molecule has 0 aliphatic heterocycles. The highest BCUT2D eigenvalue weighted by Crippen LogP contribution is 2.17. The Morgan fingerprint density at radius 2 is 2.09 bits per heavy atom. The number of nitrogens with zero attached hydrogens (tertiary/aromatic N) is 4. The third kappa shape index (κ3) is 4.52. The van der Waals surface area contributed by atoms with Gasteiger partial charge in [0.2, 0.25) is 11.1 Å². The summed E-state index contributed by atoms with van der Waals surface area (Å²) in [6.45, 7) is 6.38. The second-order valence-electron chi connectivity index (χ2n) is 4.82. The van der Waals surface area contributed by atoms with Crippen LogP contribution in [0.15, 0.2) is 23.4 Å². The molecule has 2 aromatic rings. The predicted molar refractivity (Wildman–Crippen MR) is 87.3 cm³/mol. The van der Waals surface area contributed by atoms with Gasteiger partial charge in [0.25, 0.3) is 0 Å². The van der Waals surface area contributed by atoms with Crippen molar-refractivity contribution in [2.24, 2.45) is 0 Å². The maximum absolute atomic E-state index is 11.9. The molecule has 0 radical (unpaired) electrons. The topological polar surface area (TPSA) is 102 Å². The van der Waals surface area contributed by atoms with E-state index >= 15 is 0 Å². The van der Waals surface area contributed by atoms with Gasteiger partial charge in [0, 0.05) is 12.2 Å². The molecular weight excluding hydrogens is 316 g/mol. The molecule has 1 aromatic heterocycles. The van der Waals surface area contributed by atoms with Crippen LogP contribution in [0.2, 0.25) is 0 Å². The third-order valence-electron chi connectivity index (χ3n) is 3.24. The van der Waals surface area contributed by atoms with Crippen molar-refractivity contribution >= 4 is 29.4 Å². The zero-order chi connectivity index (χ0) is 16.8. The molecule has 0 saturated carbocycles. The van der Waals surface area contributed by atoms with Gasteiger partial charge in [-0.15, -0.1) is 5.10 Å². The summed E-state index contributed by atoms with van der Waals surface area (Å²) in [5, 5.41) is 16.6. The average Bonchev–Trinajstić information content (AvgIpc) is 2.97. The Bertz CT molecular complexity index is 715. The van der Waals surface area contributed by atoms with Gasteiger partial charge in [-0.25, -0.2) is 9.48 Å². The fourth-order valence-electron chi connectivity index (χ4n) is 1.83. The summed E-state index contributed by atoms with van der Waals surface area (Å²) in [6.07, 6.45) is 0. The number of carbonyl (C=O) groups excluding carboxylic acids is 2. The number of rotatable bonds is 5. The summed E-state index contributed by atoms with van der Waals surface area (Å²) in [6, 6.07) is 5.04. The number of urea groups is 1. The number of benzene rings is 1. The first-order valence-electron chi connectivity index (χ1n) is 7.07. The van der Waals surface area contributed by atoms with Crippen molar-refractivity contribution in [3.63, 3.8) is 0 Å². The molecule has 0 saturated heterocycles. The van der Waals surface area contributed by atoms with Crippen molar-refractivity contribution in [2.75, 3.05) is 11.1 Å². The molecule has 8 nitrogen and oxygen atoms in total. The van der Waals surface area contributed by atoms with Gasteiger partial charge >= 0.3 is 6.03 Å². The molecule has 3 amide bonds. The van der Waals surface area contributed by atoms with Crippen LogP contribution >= 0.6 is 11.8 Å². The first kappa shape index (κ1) is 16.9. The van der Waals surface area contributed by atoms with Gasteiger partial charge in [0.1, 0.15) is 0 Å². The fraction of sp³-hybridized carbons (Fsp3) is 0.357. The minimum absolute atomic E-state index is 0.0561. The molecule has 0 unspecified atom stereocenters. The van der Waals surface area contributed by atoms with Crippen LogP contribution in [0.4, 0.5) is 10.5 Å². The monoisotopic (exact) mass is 334 g/mol. The minimum atomic E-state index is -0.556. The van der Waals surface area contributed by atoms with Crippen molar-refractivity contribution in [1.82, 2.24) is 25.5 Å². The van der Waals surface area contributed by atoms with E-state index < -0.39 is 11.9 Å². The van der Waals surface area contributed by atoms with Crippen LogP contribution in [0, 0.1) is 13.8 Å². The maximum atomic E-state index is 11.9. The Balaban J connectivity index is 1.85. The van der Waals surface area contributed by atoms with Gasteiger partial charge in [0.15, 0.2) is 0 Å². The number of tetrazole rings is 1. The van der Waals surface area contributed by atoms with Crippen LogP contribution in [0.1, 0.15) is 18.1 Å². The summed E-state index contributed by atoms with van der Waals surface area (Å²) in [5.74, 6) is -0.357. The lowest BCUT2D eigenvalue weighted by molar-refractivity contribution is -0.117. The Morgan fingerprint density at radius 1 is 1.30 bits per heavy atom. The van der Waals surface area contributed by atoms with Crippen LogP contribution < -0.4 is 10.6 Å². The minimum Gasteiger partial charge on any atom is -0.307 e. The normalized spacial score (nSPS) is 10.4. The van der Waals surface area contributed by atoms with E-state index in [1.807, 2.05) is 32.9 Å². The number of aromatic nitrogens is 4. The zero-order valence-electron chi connectivity index (χ0n) is 13.2. The molecular formula is C14H18N6O2S. The average molecular weight is 334 g/mol. The molecule has 23 heavy (non-hydrogen) atoms. The second kappa shape index (κ2) is 7.73. The standard InChI is InChI=1S/C14H18N6O2S/c1-4-20-14(17-18-19-20)23-8-12(21)16-13(22)15-11-7-5-6-9(2)10(11)3/h5-7H,4,8H2,1-3H3,(H2,15,16,21,22). The lowest BCUT2D eigenvalue weighted by Crippen LogP contribution is -2.35. The van der Waals surface area contributed by atoms with Crippen molar-refractivity contribution < 1.29 is 9.59 Å². The van der Waals surface area contributed by atoms with E-state index in [2.05, 4.69) is 26.2 Å². The summed E-state index contributed by atoms with van der Waals surface area (Å²) < 4.78 is 1.58. The SMILES string of the molecule is CCn1nnnc1SCC(=O)NC(=O)Nc1cccc(C)c1C. The van der Waals surface area contributed by atoms with E-state index in [4.69, 9.17) is 0 Å². The summed E-state index contributed by atoms with van der Waals surface area (Å²) in [4.78, 5) is 23.7. The second-order valence-corrected chi connectivity index (χ2v) is 5.76. The number of carbonyl (C=O) groups is 2. The van der Waals surface area contributed by atoms with E-state index in [9.17, 15) is 9.59 Å². The number of amides is 3. The molecule has 9 heteroatoms. The zero-order valence-corrected chi connectivity index (χ0v) is 14.0. The van der Waals surface area contributed by atoms with Crippen LogP contribution in [0.5, 0.6) is 0 Å². The molecule has 2 N–H and O–H groups in total. The molecule has 2 rings (SSSR count). The van der Waals surface area contributed by atoms with E-state index in [-0.39, 0.29) is 5.75 Å². The van der Waals surface area contributed by atoms with Gasteiger partial charge in [-0.1, -0.05) is 23.9 Å². The first-order valence-corrected chi connectivity index (χ1v) is 8.05. The highest BCUT2D eigenvalue weighted by Gasteiger charge is 2.12. The lowest BCUT2D eigenvalue weighted by atomic mass is 10.1. The number of anilines is 1. The Hall–Kier alpha value is -2.42. The van der Waals surface area contributed by atoms with Gasteiger partial charge in [-0.3, -0.25) is 10.1 Å². The quantitative estimate of drug-likeness (QED) is 0.808. The van der Waals surface area contributed by atoms with E-state index in [1.54, 1.807) is 10.7 Å².